The highest BCUT2D eigenvalue weighted by Crippen LogP contribution is 2.31. The van der Waals surface area contributed by atoms with Crippen LogP contribution in [0, 0.1) is 6.92 Å². The molecule has 3 aromatic rings. The van der Waals surface area contributed by atoms with Gasteiger partial charge in [-0.2, -0.15) is 0 Å². The number of benzene rings is 2. The topological polar surface area (TPSA) is 85.3 Å². The minimum atomic E-state index is -3.83. The first-order valence-corrected chi connectivity index (χ1v) is 8.52. The van der Waals surface area contributed by atoms with Crippen LogP contribution < -0.4 is 5.14 Å². The normalized spacial score (nSPS) is 11.6. The van der Waals surface area contributed by atoms with E-state index in [1.54, 1.807) is 42.5 Å². The zero-order valence-corrected chi connectivity index (χ0v) is 13.3. The molecule has 0 amide bonds. The number of phenolic OH excluding ortho intramolecular Hbond substituents is 1. The summed E-state index contributed by atoms with van der Waals surface area (Å²) in [5, 5.41) is 14.8. The zero-order chi connectivity index (χ0) is 16.6. The van der Waals surface area contributed by atoms with E-state index in [-0.39, 0.29) is 10.6 Å². The molecular formula is C17H16N2O3S. The summed E-state index contributed by atoms with van der Waals surface area (Å²) in [6.45, 7) is 1.93. The lowest BCUT2D eigenvalue weighted by atomic mass is 10.1. The van der Waals surface area contributed by atoms with Gasteiger partial charge < -0.3 is 9.67 Å². The number of phenols is 1. The van der Waals surface area contributed by atoms with Crippen LogP contribution in [-0.4, -0.2) is 18.1 Å². The fourth-order valence-corrected chi connectivity index (χ4v) is 3.37. The lowest BCUT2D eigenvalue weighted by Gasteiger charge is -2.14. The molecule has 1 aromatic heterocycles. The van der Waals surface area contributed by atoms with E-state index in [2.05, 4.69) is 0 Å². The molecule has 2 aromatic carbocycles. The molecule has 0 unspecified atom stereocenters. The van der Waals surface area contributed by atoms with E-state index in [1.165, 1.54) is 6.07 Å². The minimum absolute atomic E-state index is 0.0816. The third-order valence-electron chi connectivity index (χ3n) is 3.65. The molecule has 118 valence electrons. The van der Waals surface area contributed by atoms with Crippen molar-refractivity contribution in [3.8, 4) is 22.7 Å². The van der Waals surface area contributed by atoms with Gasteiger partial charge in [0, 0.05) is 16.9 Å². The Bertz CT molecular complexity index is 958. The number of aryl methyl sites for hydroxylation is 1. The summed E-state index contributed by atoms with van der Waals surface area (Å²) in [7, 11) is -3.83. The quantitative estimate of drug-likeness (QED) is 0.775. The van der Waals surface area contributed by atoms with Gasteiger partial charge in [0.2, 0.25) is 10.0 Å². The SMILES string of the molecule is Cc1ccc(-c2ccccc2S(N)(=O)=O)n1-c1ccc(O)cc1. The Morgan fingerprint density at radius 3 is 2.26 bits per heavy atom. The molecule has 0 spiro atoms. The highest BCUT2D eigenvalue weighted by Gasteiger charge is 2.18. The van der Waals surface area contributed by atoms with Crippen molar-refractivity contribution in [1.29, 1.82) is 0 Å². The average Bonchev–Trinajstić information content (AvgIpc) is 2.89. The molecule has 0 aliphatic rings. The number of hydrogen-bond donors (Lipinski definition) is 2. The first-order chi connectivity index (χ1) is 10.9. The molecular weight excluding hydrogens is 312 g/mol. The minimum Gasteiger partial charge on any atom is -0.508 e. The Hall–Kier alpha value is -2.57. The van der Waals surface area contributed by atoms with Crippen molar-refractivity contribution in [2.75, 3.05) is 0 Å². The van der Waals surface area contributed by atoms with Crippen LogP contribution in [0.5, 0.6) is 5.75 Å². The van der Waals surface area contributed by atoms with E-state index >= 15 is 0 Å². The Labute approximate surface area is 134 Å². The number of hydrogen-bond acceptors (Lipinski definition) is 3. The Morgan fingerprint density at radius 1 is 0.957 bits per heavy atom. The first-order valence-electron chi connectivity index (χ1n) is 6.98. The number of aromatic hydroxyl groups is 1. The van der Waals surface area contributed by atoms with Crippen molar-refractivity contribution >= 4 is 10.0 Å². The predicted octanol–water partition coefficient (Wildman–Crippen LogP) is 2.81. The summed E-state index contributed by atoms with van der Waals surface area (Å²) in [6, 6.07) is 17.1. The van der Waals surface area contributed by atoms with Crippen LogP contribution in [0.2, 0.25) is 0 Å². The molecule has 0 bridgehead atoms. The van der Waals surface area contributed by atoms with Gasteiger partial charge in [0.25, 0.3) is 0 Å². The molecule has 6 heteroatoms. The highest BCUT2D eigenvalue weighted by molar-refractivity contribution is 7.89. The summed E-state index contributed by atoms with van der Waals surface area (Å²) in [6.07, 6.45) is 0. The number of sulfonamides is 1. The van der Waals surface area contributed by atoms with Crippen LogP contribution in [-0.2, 0) is 10.0 Å². The smallest absolute Gasteiger partial charge is 0.238 e. The third kappa shape index (κ3) is 2.86. The summed E-state index contributed by atoms with van der Waals surface area (Å²) in [5.74, 6) is 0.171. The Kier molecular flexibility index (Phi) is 3.71. The van der Waals surface area contributed by atoms with Gasteiger partial charge in [-0.3, -0.25) is 0 Å². The number of aromatic nitrogens is 1. The second-order valence-corrected chi connectivity index (χ2v) is 6.78. The molecule has 1 heterocycles. The molecule has 3 N–H and O–H groups in total. The summed E-state index contributed by atoms with van der Waals surface area (Å²) < 4.78 is 25.6. The maximum atomic E-state index is 11.9. The van der Waals surface area contributed by atoms with Crippen LogP contribution in [0.25, 0.3) is 16.9 Å². The monoisotopic (exact) mass is 328 g/mol. The summed E-state index contributed by atoms with van der Waals surface area (Å²) >= 11 is 0. The first kappa shape index (κ1) is 15.3. The van der Waals surface area contributed by atoms with Gasteiger partial charge in [0.15, 0.2) is 0 Å². The van der Waals surface area contributed by atoms with E-state index in [1.807, 2.05) is 23.6 Å². The summed E-state index contributed by atoms with van der Waals surface area (Å²) in [4.78, 5) is 0.0816. The fourth-order valence-electron chi connectivity index (χ4n) is 2.62. The molecule has 0 radical (unpaired) electrons. The van der Waals surface area contributed by atoms with Crippen molar-refractivity contribution in [3.63, 3.8) is 0 Å². The van der Waals surface area contributed by atoms with Gasteiger partial charge in [0.05, 0.1) is 10.6 Å². The van der Waals surface area contributed by atoms with E-state index < -0.39 is 10.0 Å². The number of nitrogens with zero attached hydrogens (tertiary/aromatic N) is 1. The maximum absolute atomic E-state index is 11.9. The van der Waals surface area contributed by atoms with E-state index in [0.29, 0.717) is 5.56 Å². The fraction of sp³-hybridized carbons (Fsp3) is 0.0588. The molecule has 0 fully saturated rings. The van der Waals surface area contributed by atoms with Gasteiger partial charge in [-0.1, -0.05) is 18.2 Å². The Balaban J connectivity index is 2.27. The van der Waals surface area contributed by atoms with Gasteiger partial charge in [0.1, 0.15) is 5.75 Å². The van der Waals surface area contributed by atoms with Gasteiger partial charge in [-0.05, 0) is 49.4 Å². The average molecular weight is 328 g/mol. The lowest BCUT2D eigenvalue weighted by molar-refractivity contribution is 0.475. The van der Waals surface area contributed by atoms with Crippen molar-refractivity contribution in [3.05, 3.63) is 66.4 Å². The standard InChI is InChI=1S/C17H16N2O3S/c1-12-6-11-16(19(12)13-7-9-14(20)10-8-13)15-4-2-3-5-17(15)23(18,21)22/h2-11,20H,1H3,(H2,18,21,22). The van der Waals surface area contributed by atoms with Crippen LogP contribution in [0.4, 0.5) is 0 Å². The second-order valence-electron chi connectivity index (χ2n) is 5.25. The van der Waals surface area contributed by atoms with Gasteiger partial charge >= 0.3 is 0 Å². The van der Waals surface area contributed by atoms with E-state index in [4.69, 9.17) is 5.14 Å². The van der Waals surface area contributed by atoms with Crippen molar-refractivity contribution < 1.29 is 13.5 Å². The summed E-state index contributed by atoms with van der Waals surface area (Å²) in [5.41, 5.74) is 3.02. The number of rotatable bonds is 3. The van der Waals surface area contributed by atoms with Crippen molar-refractivity contribution in [2.24, 2.45) is 5.14 Å². The molecule has 5 nitrogen and oxygen atoms in total. The van der Waals surface area contributed by atoms with Crippen LogP contribution in [0.3, 0.4) is 0 Å². The molecule has 0 saturated heterocycles. The molecule has 23 heavy (non-hydrogen) atoms. The Morgan fingerprint density at radius 2 is 1.61 bits per heavy atom. The molecule has 3 rings (SSSR count). The van der Waals surface area contributed by atoms with Crippen molar-refractivity contribution in [1.82, 2.24) is 4.57 Å². The second kappa shape index (κ2) is 5.57. The van der Waals surface area contributed by atoms with E-state index in [0.717, 1.165) is 17.1 Å². The zero-order valence-electron chi connectivity index (χ0n) is 12.5. The third-order valence-corrected chi connectivity index (χ3v) is 4.62. The molecule has 0 saturated carbocycles. The highest BCUT2D eigenvalue weighted by atomic mass is 32.2. The van der Waals surface area contributed by atoms with Gasteiger partial charge in [-0.25, -0.2) is 13.6 Å². The van der Waals surface area contributed by atoms with Crippen LogP contribution in [0.1, 0.15) is 5.69 Å². The van der Waals surface area contributed by atoms with Crippen molar-refractivity contribution in [2.45, 2.75) is 11.8 Å². The molecule has 0 atom stereocenters. The predicted molar refractivity (Wildman–Crippen MR) is 89.0 cm³/mol. The van der Waals surface area contributed by atoms with E-state index in [9.17, 15) is 13.5 Å². The number of nitrogens with two attached hydrogens (primary N) is 1. The van der Waals surface area contributed by atoms with Gasteiger partial charge in [-0.15, -0.1) is 0 Å². The van der Waals surface area contributed by atoms with Crippen LogP contribution >= 0.6 is 0 Å². The van der Waals surface area contributed by atoms with Crippen LogP contribution in [0.15, 0.2) is 65.6 Å². The molecule has 0 aliphatic heterocycles. The lowest BCUT2D eigenvalue weighted by Crippen LogP contribution is -2.14. The number of primary sulfonamides is 1. The largest absolute Gasteiger partial charge is 0.508 e. The maximum Gasteiger partial charge on any atom is 0.238 e. The molecule has 0 aliphatic carbocycles.